The highest BCUT2D eigenvalue weighted by molar-refractivity contribution is 6.62. The van der Waals surface area contributed by atoms with E-state index in [1.807, 2.05) is 32.0 Å². The van der Waals surface area contributed by atoms with Crippen molar-refractivity contribution in [2.75, 3.05) is 5.32 Å². The van der Waals surface area contributed by atoms with E-state index >= 15 is 0 Å². The molecule has 0 unspecified atom stereocenters. The number of aryl methyl sites for hydroxylation is 1. The third-order valence-electron chi connectivity index (χ3n) is 4.45. The first kappa shape index (κ1) is 18.0. The van der Waals surface area contributed by atoms with Gasteiger partial charge in [0.1, 0.15) is 0 Å². The number of anilines is 1. The third kappa shape index (κ3) is 3.59. The molecule has 0 saturated heterocycles. The summed E-state index contributed by atoms with van der Waals surface area (Å²) in [6.07, 6.45) is 1.96. The van der Waals surface area contributed by atoms with Gasteiger partial charge in [-0.05, 0) is 61.1 Å². The minimum absolute atomic E-state index is 0.277. The molecule has 0 saturated carbocycles. The Morgan fingerprint density at radius 2 is 2.04 bits per heavy atom. The molecule has 0 radical (unpaired) electrons. The third-order valence-corrected chi connectivity index (χ3v) is 4.76. The summed E-state index contributed by atoms with van der Waals surface area (Å²) in [4.78, 5) is 12.5. The summed E-state index contributed by atoms with van der Waals surface area (Å²) in [5, 5.41) is 13.3. The Balaban J connectivity index is 1.82. The number of hydrogen-bond acceptors (Lipinski definition) is 3. The molecule has 25 heavy (non-hydrogen) atoms. The monoisotopic (exact) mass is 357 g/mol. The van der Waals surface area contributed by atoms with Crippen molar-refractivity contribution in [1.82, 2.24) is 0 Å². The van der Waals surface area contributed by atoms with Crippen molar-refractivity contribution >= 4 is 35.8 Å². The number of rotatable bonds is 4. The molecular weight excluding hydrogens is 336 g/mol. The number of halogens is 1. The Morgan fingerprint density at radius 3 is 2.72 bits per heavy atom. The van der Waals surface area contributed by atoms with Gasteiger partial charge in [0, 0.05) is 5.69 Å². The first-order valence-electron chi connectivity index (χ1n) is 8.42. The van der Waals surface area contributed by atoms with Crippen LogP contribution in [0.1, 0.15) is 48.7 Å². The number of benzene rings is 2. The van der Waals surface area contributed by atoms with Crippen molar-refractivity contribution in [2.45, 2.75) is 39.2 Å². The molecule has 1 heterocycles. The van der Waals surface area contributed by atoms with Crippen molar-refractivity contribution in [3.8, 4) is 0 Å². The lowest BCUT2D eigenvalue weighted by atomic mass is 9.78. The lowest BCUT2D eigenvalue weighted by Gasteiger charge is -2.19. The van der Waals surface area contributed by atoms with Crippen LogP contribution in [0.5, 0.6) is 0 Å². The fourth-order valence-corrected chi connectivity index (χ4v) is 3.47. The van der Waals surface area contributed by atoms with Gasteiger partial charge in [-0.2, -0.15) is 0 Å². The lowest BCUT2D eigenvalue weighted by molar-refractivity contribution is 0.101. The predicted molar refractivity (Wildman–Crippen MR) is 102 cm³/mol. The summed E-state index contributed by atoms with van der Waals surface area (Å²) >= 11 is 6.26. The van der Waals surface area contributed by atoms with E-state index in [2.05, 4.69) is 12.2 Å². The van der Waals surface area contributed by atoms with Gasteiger partial charge in [-0.15, -0.1) is 0 Å². The topological polar surface area (TPSA) is 58.6 Å². The first-order chi connectivity index (χ1) is 11.8. The maximum atomic E-state index is 12.5. The van der Waals surface area contributed by atoms with Crippen molar-refractivity contribution in [3.63, 3.8) is 0 Å². The number of hydrogen-bond donors (Lipinski definition) is 2. The summed E-state index contributed by atoms with van der Waals surface area (Å²) in [7, 11) is -0.987. The lowest BCUT2D eigenvalue weighted by Crippen LogP contribution is -2.29. The SMILES string of the molecule is CCCc1ccc(C(=O)Nc2ccc3c(c2)B(O)OC3(C)C)c(Cl)c1. The van der Waals surface area contributed by atoms with E-state index in [1.54, 1.807) is 18.2 Å². The molecule has 0 aromatic heterocycles. The standard InChI is InChI=1S/C19H21BClNO3/c1-4-5-12-6-8-14(17(21)10-12)18(23)22-13-7-9-15-16(11-13)20(24)25-19(15,2)3/h6-11,24H,4-5H2,1-3H3,(H,22,23). The molecule has 2 aromatic rings. The van der Waals surface area contributed by atoms with Gasteiger partial charge >= 0.3 is 7.12 Å². The van der Waals surface area contributed by atoms with E-state index in [9.17, 15) is 9.82 Å². The van der Waals surface area contributed by atoms with Gasteiger partial charge in [-0.3, -0.25) is 4.79 Å². The van der Waals surface area contributed by atoms with Gasteiger partial charge < -0.3 is 15.0 Å². The van der Waals surface area contributed by atoms with Crippen molar-refractivity contribution in [3.05, 3.63) is 58.1 Å². The zero-order chi connectivity index (χ0) is 18.2. The van der Waals surface area contributed by atoms with Crippen LogP contribution in [-0.4, -0.2) is 18.0 Å². The van der Waals surface area contributed by atoms with Crippen LogP contribution in [0.25, 0.3) is 0 Å². The second kappa shape index (κ2) is 6.83. The molecule has 6 heteroatoms. The van der Waals surface area contributed by atoms with Gasteiger partial charge in [-0.1, -0.05) is 37.1 Å². The summed E-state index contributed by atoms with van der Waals surface area (Å²) < 4.78 is 5.54. The van der Waals surface area contributed by atoms with E-state index in [0.29, 0.717) is 21.7 Å². The maximum Gasteiger partial charge on any atom is 0.492 e. The normalized spacial score (nSPS) is 15.2. The quantitative estimate of drug-likeness (QED) is 0.823. The zero-order valence-corrected chi connectivity index (χ0v) is 15.4. The van der Waals surface area contributed by atoms with Crippen LogP contribution in [0.4, 0.5) is 5.69 Å². The molecule has 2 N–H and O–H groups in total. The van der Waals surface area contributed by atoms with E-state index in [4.69, 9.17) is 16.3 Å². The molecule has 0 atom stereocenters. The van der Waals surface area contributed by atoms with E-state index in [0.717, 1.165) is 24.0 Å². The fraction of sp³-hybridized carbons (Fsp3) is 0.316. The molecule has 1 aliphatic rings. The molecule has 1 aliphatic heterocycles. The Labute approximate surface area is 153 Å². The maximum absolute atomic E-state index is 12.5. The van der Waals surface area contributed by atoms with E-state index in [-0.39, 0.29) is 5.91 Å². The molecule has 0 fully saturated rings. The van der Waals surface area contributed by atoms with Crippen molar-refractivity contribution < 1.29 is 14.5 Å². The van der Waals surface area contributed by atoms with Crippen LogP contribution in [-0.2, 0) is 16.7 Å². The van der Waals surface area contributed by atoms with Crippen LogP contribution < -0.4 is 10.8 Å². The molecule has 3 rings (SSSR count). The largest absolute Gasteiger partial charge is 0.492 e. The van der Waals surface area contributed by atoms with Crippen molar-refractivity contribution in [1.29, 1.82) is 0 Å². The molecule has 1 amide bonds. The average molecular weight is 358 g/mol. The van der Waals surface area contributed by atoms with Gasteiger partial charge in [0.25, 0.3) is 5.91 Å². The highest BCUT2D eigenvalue weighted by Crippen LogP contribution is 2.31. The van der Waals surface area contributed by atoms with E-state index < -0.39 is 12.7 Å². The summed E-state index contributed by atoms with van der Waals surface area (Å²) in [6, 6.07) is 10.9. The molecule has 4 nitrogen and oxygen atoms in total. The number of amides is 1. The van der Waals surface area contributed by atoms with E-state index in [1.165, 1.54) is 0 Å². The first-order valence-corrected chi connectivity index (χ1v) is 8.79. The summed E-state index contributed by atoms with van der Waals surface area (Å²) in [6.45, 7) is 5.90. The summed E-state index contributed by atoms with van der Waals surface area (Å²) in [5.41, 5.74) is 3.18. The Hall–Kier alpha value is -1.82. The number of nitrogens with one attached hydrogen (secondary N) is 1. The van der Waals surface area contributed by atoms with Crippen LogP contribution in [0.2, 0.25) is 5.02 Å². The van der Waals surface area contributed by atoms with Crippen LogP contribution in [0, 0.1) is 0 Å². The molecule has 0 spiro atoms. The van der Waals surface area contributed by atoms with Crippen LogP contribution in [0.3, 0.4) is 0 Å². The highest BCUT2D eigenvalue weighted by atomic mass is 35.5. The molecule has 0 aliphatic carbocycles. The average Bonchev–Trinajstić information content (AvgIpc) is 2.76. The molecule has 2 aromatic carbocycles. The summed E-state index contributed by atoms with van der Waals surface area (Å²) in [5.74, 6) is -0.277. The second-order valence-electron chi connectivity index (χ2n) is 6.80. The second-order valence-corrected chi connectivity index (χ2v) is 7.21. The minimum atomic E-state index is -0.987. The molecular formula is C19H21BClNO3. The van der Waals surface area contributed by atoms with Crippen LogP contribution in [0.15, 0.2) is 36.4 Å². The fourth-order valence-electron chi connectivity index (χ4n) is 3.18. The Kier molecular flexibility index (Phi) is 4.91. The molecule has 130 valence electrons. The number of fused-ring (bicyclic) bond motifs is 1. The van der Waals surface area contributed by atoms with Crippen LogP contribution >= 0.6 is 11.6 Å². The predicted octanol–water partition coefficient (Wildman–Crippen LogP) is 3.50. The number of carbonyl (C=O) groups is 1. The minimum Gasteiger partial charge on any atom is -0.423 e. The molecule has 0 bridgehead atoms. The van der Waals surface area contributed by atoms with Gasteiger partial charge in [0.05, 0.1) is 16.2 Å². The smallest absolute Gasteiger partial charge is 0.423 e. The van der Waals surface area contributed by atoms with Crippen molar-refractivity contribution in [2.24, 2.45) is 0 Å². The van der Waals surface area contributed by atoms with Gasteiger partial charge in [-0.25, -0.2) is 0 Å². The highest BCUT2D eigenvalue weighted by Gasteiger charge is 2.40. The van der Waals surface area contributed by atoms with Gasteiger partial charge in [0.15, 0.2) is 0 Å². The number of carbonyl (C=O) groups excluding carboxylic acids is 1. The van der Waals surface area contributed by atoms with Gasteiger partial charge in [0.2, 0.25) is 0 Å². The zero-order valence-electron chi connectivity index (χ0n) is 14.6. The Bertz CT molecular complexity index is 822. The Morgan fingerprint density at radius 1 is 1.28 bits per heavy atom.